The van der Waals surface area contributed by atoms with Gasteiger partial charge in [0.05, 0.1) is 27.7 Å². The Bertz CT molecular complexity index is 1280. The van der Waals surface area contributed by atoms with E-state index in [9.17, 15) is 9.59 Å². The number of anilines is 1. The van der Waals surface area contributed by atoms with E-state index >= 15 is 0 Å². The molecular weight excluding hydrogens is 432 g/mol. The molecule has 31 heavy (non-hydrogen) atoms. The summed E-state index contributed by atoms with van der Waals surface area (Å²) in [6.45, 7) is 2.58. The van der Waals surface area contributed by atoms with Crippen molar-refractivity contribution in [1.82, 2.24) is 14.7 Å². The molecule has 0 aliphatic carbocycles. The summed E-state index contributed by atoms with van der Waals surface area (Å²) < 4.78 is 1.93. The van der Waals surface area contributed by atoms with Gasteiger partial charge in [-0.25, -0.2) is 0 Å². The summed E-state index contributed by atoms with van der Waals surface area (Å²) in [5.74, 6) is -0.461. The highest BCUT2D eigenvalue weighted by molar-refractivity contribution is 7.20. The number of rotatable bonds is 5. The molecule has 0 spiro atoms. The van der Waals surface area contributed by atoms with Gasteiger partial charge in [0.2, 0.25) is 0 Å². The van der Waals surface area contributed by atoms with Crippen LogP contribution in [0.4, 0.5) is 5.69 Å². The Morgan fingerprint density at radius 1 is 1.13 bits per heavy atom. The number of carbonyl (C=O) groups is 2. The molecule has 4 rings (SSSR count). The fourth-order valence-electron chi connectivity index (χ4n) is 3.29. The van der Waals surface area contributed by atoms with E-state index in [1.165, 1.54) is 16.2 Å². The van der Waals surface area contributed by atoms with E-state index in [0.717, 1.165) is 21.5 Å². The SMILES string of the molecule is Cc1nn(Cc2ccccc2)c2sc(C(=O)Nc3ccc(Cl)c(C(=O)N(C)C)c3)cc12. The van der Waals surface area contributed by atoms with Crippen molar-refractivity contribution in [3.63, 3.8) is 0 Å². The standard InChI is InChI=1S/C23H21ClN4O2S/c1-14-17-12-20(31-23(17)28(26-14)13-15-7-5-4-6-8-15)21(29)25-16-9-10-19(24)18(11-16)22(30)27(2)3/h4-12H,13H2,1-3H3,(H,25,29). The van der Waals surface area contributed by atoms with Crippen LogP contribution >= 0.6 is 22.9 Å². The van der Waals surface area contributed by atoms with Gasteiger partial charge in [-0.15, -0.1) is 11.3 Å². The van der Waals surface area contributed by atoms with Crippen LogP contribution in [0.1, 0.15) is 31.3 Å². The quantitative estimate of drug-likeness (QED) is 0.460. The van der Waals surface area contributed by atoms with Gasteiger partial charge in [-0.1, -0.05) is 41.9 Å². The molecule has 0 bridgehead atoms. The molecule has 2 heterocycles. The van der Waals surface area contributed by atoms with Crippen LogP contribution in [0, 0.1) is 6.92 Å². The zero-order valence-corrected chi connectivity index (χ0v) is 18.9. The predicted octanol–water partition coefficient (Wildman–Crippen LogP) is 5.06. The molecule has 0 radical (unpaired) electrons. The number of thiophene rings is 1. The van der Waals surface area contributed by atoms with Crippen molar-refractivity contribution in [2.45, 2.75) is 13.5 Å². The summed E-state index contributed by atoms with van der Waals surface area (Å²) in [5.41, 5.74) is 2.88. The minimum atomic E-state index is -0.238. The highest BCUT2D eigenvalue weighted by atomic mass is 35.5. The van der Waals surface area contributed by atoms with Gasteiger partial charge in [-0.05, 0) is 36.8 Å². The molecular formula is C23H21ClN4O2S. The Hall–Kier alpha value is -3.16. The minimum absolute atomic E-state index is 0.223. The number of amides is 2. The smallest absolute Gasteiger partial charge is 0.265 e. The van der Waals surface area contributed by atoms with Crippen molar-refractivity contribution in [1.29, 1.82) is 0 Å². The van der Waals surface area contributed by atoms with E-state index in [4.69, 9.17) is 11.6 Å². The third-order valence-electron chi connectivity index (χ3n) is 4.87. The van der Waals surface area contributed by atoms with Gasteiger partial charge in [0, 0.05) is 25.2 Å². The second-order valence-corrected chi connectivity index (χ2v) is 8.84. The van der Waals surface area contributed by atoms with Crippen LogP contribution in [0.25, 0.3) is 10.2 Å². The van der Waals surface area contributed by atoms with Gasteiger partial charge in [0.1, 0.15) is 4.83 Å². The van der Waals surface area contributed by atoms with Gasteiger partial charge >= 0.3 is 0 Å². The number of aryl methyl sites for hydroxylation is 1. The van der Waals surface area contributed by atoms with E-state index in [1.54, 1.807) is 32.3 Å². The predicted molar refractivity (Wildman–Crippen MR) is 125 cm³/mol. The number of carbonyl (C=O) groups excluding carboxylic acids is 2. The zero-order valence-electron chi connectivity index (χ0n) is 17.3. The average Bonchev–Trinajstić information content (AvgIpc) is 3.31. The number of nitrogens with zero attached hydrogens (tertiary/aromatic N) is 3. The van der Waals surface area contributed by atoms with Crippen molar-refractivity contribution in [2.24, 2.45) is 0 Å². The number of nitrogens with one attached hydrogen (secondary N) is 1. The van der Waals surface area contributed by atoms with Gasteiger partial charge in [-0.2, -0.15) is 5.10 Å². The monoisotopic (exact) mass is 452 g/mol. The van der Waals surface area contributed by atoms with Crippen LogP contribution in [0.3, 0.4) is 0 Å². The fourth-order valence-corrected chi connectivity index (χ4v) is 4.54. The summed E-state index contributed by atoms with van der Waals surface area (Å²) >= 11 is 7.56. The lowest BCUT2D eigenvalue weighted by Crippen LogP contribution is -2.22. The molecule has 2 aromatic carbocycles. The van der Waals surface area contributed by atoms with E-state index < -0.39 is 0 Å². The topological polar surface area (TPSA) is 67.2 Å². The zero-order chi connectivity index (χ0) is 22.1. The molecule has 2 aromatic heterocycles. The third-order valence-corrected chi connectivity index (χ3v) is 6.34. The van der Waals surface area contributed by atoms with Crippen molar-refractivity contribution in [3.8, 4) is 0 Å². The van der Waals surface area contributed by atoms with Crippen LogP contribution < -0.4 is 5.32 Å². The molecule has 0 fully saturated rings. The maximum atomic E-state index is 12.9. The molecule has 6 nitrogen and oxygen atoms in total. The Morgan fingerprint density at radius 2 is 1.87 bits per heavy atom. The van der Waals surface area contributed by atoms with Gasteiger partial charge in [0.25, 0.3) is 11.8 Å². The number of halogens is 1. The van der Waals surface area contributed by atoms with Crippen LogP contribution in [-0.4, -0.2) is 40.6 Å². The minimum Gasteiger partial charge on any atom is -0.345 e. The second kappa shape index (κ2) is 8.53. The van der Waals surface area contributed by atoms with Crippen LogP contribution in [0.5, 0.6) is 0 Å². The summed E-state index contributed by atoms with van der Waals surface area (Å²) in [7, 11) is 3.31. The Kier molecular flexibility index (Phi) is 5.80. The molecule has 4 aromatic rings. The van der Waals surface area contributed by atoms with E-state index in [1.807, 2.05) is 35.9 Å². The molecule has 0 aliphatic rings. The number of aromatic nitrogens is 2. The van der Waals surface area contributed by atoms with Crippen molar-refractivity contribution >= 4 is 50.7 Å². The first kappa shape index (κ1) is 21.1. The number of hydrogen-bond acceptors (Lipinski definition) is 4. The largest absolute Gasteiger partial charge is 0.345 e. The maximum absolute atomic E-state index is 12.9. The Labute approximate surface area is 189 Å². The van der Waals surface area contributed by atoms with Crippen molar-refractivity contribution < 1.29 is 9.59 Å². The lowest BCUT2D eigenvalue weighted by molar-refractivity contribution is 0.0827. The number of fused-ring (bicyclic) bond motifs is 1. The third kappa shape index (κ3) is 4.33. The first-order valence-corrected chi connectivity index (χ1v) is 10.9. The fraction of sp³-hybridized carbons (Fsp3) is 0.174. The van der Waals surface area contributed by atoms with Crippen molar-refractivity contribution in [3.05, 3.63) is 81.3 Å². The first-order chi connectivity index (χ1) is 14.8. The van der Waals surface area contributed by atoms with Crippen LogP contribution in [0.2, 0.25) is 5.02 Å². The van der Waals surface area contributed by atoms with E-state index in [0.29, 0.717) is 27.7 Å². The number of benzene rings is 2. The lowest BCUT2D eigenvalue weighted by atomic mass is 10.1. The molecule has 0 unspecified atom stereocenters. The van der Waals surface area contributed by atoms with E-state index in [2.05, 4.69) is 22.5 Å². The molecule has 0 aliphatic heterocycles. The molecule has 1 N–H and O–H groups in total. The van der Waals surface area contributed by atoms with Crippen molar-refractivity contribution in [2.75, 3.05) is 19.4 Å². The molecule has 158 valence electrons. The number of hydrogen-bond donors (Lipinski definition) is 1. The maximum Gasteiger partial charge on any atom is 0.265 e. The molecule has 0 atom stereocenters. The van der Waals surface area contributed by atoms with Crippen LogP contribution in [0.15, 0.2) is 54.6 Å². The molecule has 0 saturated heterocycles. The first-order valence-electron chi connectivity index (χ1n) is 9.67. The van der Waals surface area contributed by atoms with E-state index in [-0.39, 0.29) is 11.8 Å². The summed E-state index contributed by atoms with van der Waals surface area (Å²) in [5, 5.41) is 8.80. The lowest BCUT2D eigenvalue weighted by Gasteiger charge is -2.13. The highest BCUT2D eigenvalue weighted by Gasteiger charge is 2.18. The Morgan fingerprint density at radius 3 is 2.58 bits per heavy atom. The van der Waals surface area contributed by atoms with Gasteiger partial charge in [-0.3, -0.25) is 14.3 Å². The average molecular weight is 453 g/mol. The molecule has 2 amide bonds. The summed E-state index contributed by atoms with van der Waals surface area (Å²) in [4.78, 5) is 28.2. The normalized spacial score (nSPS) is 11.0. The summed E-state index contributed by atoms with van der Waals surface area (Å²) in [6, 6.07) is 16.8. The second-order valence-electron chi connectivity index (χ2n) is 7.41. The molecule has 0 saturated carbocycles. The van der Waals surface area contributed by atoms with Gasteiger partial charge in [0.15, 0.2) is 0 Å². The Balaban J connectivity index is 1.60. The van der Waals surface area contributed by atoms with Gasteiger partial charge < -0.3 is 10.2 Å². The van der Waals surface area contributed by atoms with Crippen LogP contribution in [-0.2, 0) is 6.54 Å². The summed E-state index contributed by atoms with van der Waals surface area (Å²) in [6.07, 6.45) is 0. The highest BCUT2D eigenvalue weighted by Crippen LogP contribution is 2.30. The molecule has 8 heteroatoms.